The Balaban J connectivity index is 1.84. The Labute approximate surface area is 158 Å². The number of carbonyl (C=O) groups excluding carboxylic acids is 2. The number of carbonyl (C=O) groups is 2. The fourth-order valence-electron chi connectivity index (χ4n) is 3.94. The summed E-state index contributed by atoms with van der Waals surface area (Å²) in [7, 11) is 1.60. The Morgan fingerprint density at radius 1 is 1.07 bits per heavy atom. The van der Waals surface area contributed by atoms with Crippen LogP contribution in [-0.2, 0) is 4.79 Å². The molecule has 0 bridgehead atoms. The maximum absolute atomic E-state index is 14.0. The van der Waals surface area contributed by atoms with Gasteiger partial charge < -0.3 is 14.9 Å². The molecule has 0 unspecified atom stereocenters. The highest BCUT2D eigenvalue weighted by molar-refractivity contribution is 5.94. The molecule has 0 aromatic heterocycles. The van der Waals surface area contributed by atoms with Crippen LogP contribution in [0.4, 0.5) is 4.39 Å². The molecule has 1 fully saturated rings. The van der Waals surface area contributed by atoms with Crippen LogP contribution in [-0.4, -0.2) is 59.0 Å². The zero-order chi connectivity index (χ0) is 19.6. The third-order valence-electron chi connectivity index (χ3n) is 5.19. The molecule has 3 rings (SSSR count). The van der Waals surface area contributed by atoms with Gasteiger partial charge >= 0.3 is 0 Å². The minimum Gasteiger partial charge on any atom is -0.394 e. The van der Waals surface area contributed by atoms with Gasteiger partial charge in [-0.05, 0) is 17.7 Å². The lowest BCUT2D eigenvalue weighted by Gasteiger charge is -2.55. The highest BCUT2D eigenvalue weighted by Crippen LogP contribution is 2.41. The lowest BCUT2D eigenvalue weighted by atomic mass is 9.75. The van der Waals surface area contributed by atoms with E-state index in [1.165, 1.54) is 30.0 Å². The Hall–Kier alpha value is -2.73. The molecule has 2 aromatic rings. The van der Waals surface area contributed by atoms with E-state index in [2.05, 4.69) is 0 Å². The Morgan fingerprint density at radius 3 is 2.30 bits per heavy atom. The molecule has 0 saturated carbocycles. The van der Waals surface area contributed by atoms with E-state index >= 15 is 0 Å². The van der Waals surface area contributed by atoms with Crippen molar-refractivity contribution in [2.75, 3.05) is 20.2 Å². The van der Waals surface area contributed by atoms with E-state index in [0.717, 1.165) is 5.56 Å². The van der Waals surface area contributed by atoms with Crippen molar-refractivity contribution in [3.8, 4) is 0 Å². The average Bonchev–Trinajstić information content (AvgIpc) is 2.65. The van der Waals surface area contributed by atoms with Gasteiger partial charge in [-0.25, -0.2) is 4.39 Å². The van der Waals surface area contributed by atoms with Crippen LogP contribution < -0.4 is 0 Å². The third-order valence-corrected chi connectivity index (χ3v) is 5.19. The van der Waals surface area contributed by atoms with Crippen molar-refractivity contribution in [3.05, 3.63) is 71.5 Å². The summed E-state index contributed by atoms with van der Waals surface area (Å²) in [4.78, 5) is 27.8. The first-order valence-corrected chi connectivity index (χ1v) is 8.90. The lowest BCUT2D eigenvalue weighted by Crippen LogP contribution is -2.68. The van der Waals surface area contributed by atoms with Crippen LogP contribution in [0.2, 0.25) is 0 Å². The van der Waals surface area contributed by atoms with E-state index in [4.69, 9.17) is 0 Å². The normalized spacial score (nSPS) is 21.5. The molecular formula is C21H23FN2O3. The number of hydrogen-bond acceptors (Lipinski definition) is 3. The van der Waals surface area contributed by atoms with Crippen LogP contribution in [0.1, 0.15) is 28.8 Å². The van der Waals surface area contributed by atoms with Crippen LogP contribution in [0.3, 0.4) is 0 Å². The summed E-state index contributed by atoms with van der Waals surface area (Å²) in [6.07, 6.45) is 0. The molecule has 142 valence electrons. The molecule has 2 aromatic carbocycles. The highest BCUT2D eigenvalue weighted by Gasteiger charge is 2.50. The van der Waals surface area contributed by atoms with Crippen LogP contribution in [0, 0.1) is 5.82 Å². The molecule has 3 atom stereocenters. The van der Waals surface area contributed by atoms with E-state index in [0.29, 0.717) is 0 Å². The van der Waals surface area contributed by atoms with Crippen LogP contribution in [0.25, 0.3) is 0 Å². The molecule has 6 heteroatoms. The molecule has 0 radical (unpaired) electrons. The summed E-state index contributed by atoms with van der Waals surface area (Å²) < 4.78 is 14.0. The average molecular weight is 370 g/mol. The maximum atomic E-state index is 14.0. The first kappa shape index (κ1) is 19.0. The third kappa shape index (κ3) is 3.57. The van der Waals surface area contributed by atoms with E-state index in [9.17, 15) is 19.1 Å². The predicted octanol–water partition coefficient (Wildman–Crippen LogP) is 2.27. The molecule has 27 heavy (non-hydrogen) atoms. The quantitative estimate of drug-likeness (QED) is 0.878. The summed E-state index contributed by atoms with van der Waals surface area (Å²) in [6, 6.07) is 14.9. The molecule has 1 aliphatic rings. The van der Waals surface area contributed by atoms with Crippen molar-refractivity contribution in [3.63, 3.8) is 0 Å². The van der Waals surface area contributed by atoms with Gasteiger partial charge in [0, 0.05) is 26.4 Å². The largest absolute Gasteiger partial charge is 0.394 e. The highest BCUT2D eigenvalue weighted by atomic mass is 19.1. The van der Waals surface area contributed by atoms with Gasteiger partial charge in [-0.2, -0.15) is 0 Å². The fourth-order valence-corrected chi connectivity index (χ4v) is 3.94. The molecule has 2 amide bonds. The Morgan fingerprint density at radius 2 is 1.70 bits per heavy atom. The lowest BCUT2D eigenvalue weighted by molar-refractivity contribution is -0.148. The first-order chi connectivity index (χ1) is 13.0. The number of likely N-dealkylation sites (tertiary alicyclic amines) is 1. The number of nitrogens with zero attached hydrogens (tertiary/aromatic N) is 2. The Bertz CT molecular complexity index is 827. The fraction of sp³-hybridized carbons (Fsp3) is 0.333. The van der Waals surface area contributed by atoms with Crippen LogP contribution in [0.15, 0.2) is 54.6 Å². The summed E-state index contributed by atoms with van der Waals surface area (Å²) >= 11 is 0. The molecule has 5 nitrogen and oxygen atoms in total. The molecule has 1 saturated heterocycles. The number of amides is 2. The van der Waals surface area contributed by atoms with Gasteiger partial charge in [-0.1, -0.05) is 42.5 Å². The molecule has 1 aliphatic heterocycles. The van der Waals surface area contributed by atoms with Gasteiger partial charge in [0.15, 0.2) is 0 Å². The summed E-state index contributed by atoms with van der Waals surface area (Å²) in [6.45, 7) is 1.55. The molecule has 0 aliphatic carbocycles. The minimum atomic E-state index is -0.570. The van der Waals surface area contributed by atoms with Crippen molar-refractivity contribution in [1.29, 1.82) is 0 Å². The number of likely N-dealkylation sites (N-methyl/N-ethyl adjacent to an activating group) is 1. The minimum absolute atomic E-state index is 0.00340. The van der Waals surface area contributed by atoms with Gasteiger partial charge in [0.25, 0.3) is 5.91 Å². The number of benzene rings is 2. The number of aliphatic hydroxyl groups excluding tert-OH is 1. The summed E-state index contributed by atoms with van der Waals surface area (Å²) in [5.74, 6) is -1.25. The SMILES string of the molecule is CC(=O)N1[C@H](CN(C)C(=O)c2ccccc2F)[C@@H](c2ccccc2)[C@@H]1CO. The van der Waals surface area contributed by atoms with Crippen molar-refractivity contribution in [1.82, 2.24) is 9.80 Å². The zero-order valence-electron chi connectivity index (χ0n) is 15.4. The van der Waals surface area contributed by atoms with Gasteiger partial charge in [-0.15, -0.1) is 0 Å². The maximum Gasteiger partial charge on any atom is 0.256 e. The van der Waals surface area contributed by atoms with E-state index < -0.39 is 11.7 Å². The zero-order valence-corrected chi connectivity index (χ0v) is 15.4. The van der Waals surface area contributed by atoms with Gasteiger partial charge in [0.2, 0.25) is 5.91 Å². The smallest absolute Gasteiger partial charge is 0.256 e. The Kier molecular flexibility index (Phi) is 5.56. The van der Waals surface area contributed by atoms with E-state index in [-0.39, 0.29) is 42.6 Å². The first-order valence-electron chi connectivity index (χ1n) is 8.90. The molecule has 1 heterocycles. The molecule has 1 N–H and O–H groups in total. The van der Waals surface area contributed by atoms with Gasteiger partial charge in [-0.3, -0.25) is 9.59 Å². The molecule has 0 spiro atoms. The number of aliphatic hydroxyl groups is 1. The summed E-state index contributed by atoms with van der Waals surface area (Å²) in [5.41, 5.74) is 1.01. The second-order valence-electron chi connectivity index (χ2n) is 6.85. The number of hydrogen-bond donors (Lipinski definition) is 1. The molecular weight excluding hydrogens is 347 g/mol. The van der Waals surface area contributed by atoms with Crippen molar-refractivity contribution in [2.45, 2.75) is 24.9 Å². The van der Waals surface area contributed by atoms with Gasteiger partial charge in [0.1, 0.15) is 5.82 Å². The van der Waals surface area contributed by atoms with Crippen molar-refractivity contribution in [2.24, 2.45) is 0 Å². The number of halogens is 1. The topological polar surface area (TPSA) is 60.9 Å². The van der Waals surface area contributed by atoms with Crippen LogP contribution in [0.5, 0.6) is 0 Å². The standard InChI is InChI=1S/C21H23FN2O3/c1-14(26)24-18(20(19(24)13-25)15-8-4-3-5-9-15)12-23(2)21(27)16-10-6-7-11-17(16)22/h3-11,18-20,25H,12-13H2,1-2H3/t18-,19+,20-/m1/s1. The van der Waals surface area contributed by atoms with Crippen molar-refractivity contribution < 1.29 is 19.1 Å². The second-order valence-corrected chi connectivity index (χ2v) is 6.85. The predicted molar refractivity (Wildman–Crippen MR) is 99.7 cm³/mol. The summed E-state index contributed by atoms with van der Waals surface area (Å²) in [5, 5.41) is 9.79. The van der Waals surface area contributed by atoms with Crippen molar-refractivity contribution >= 4 is 11.8 Å². The monoisotopic (exact) mass is 370 g/mol. The number of rotatable bonds is 5. The van der Waals surface area contributed by atoms with Crippen LogP contribution >= 0.6 is 0 Å². The second kappa shape index (κ2) is 7.88. The van der Waals surface area contributed by atoms with E-state index in [1.807, 2.05) is 30.3 Å². The van der Waals surface area contributed by atoms with E-state index in [1.54, 1.807) is 18.0 Å². The van der Waals surface area contributed by atoms with Gasteiger partial charge in [0.05, 0.1) is 24.3 Å².